The van der Waals surface area contributed by atoms with Gasteiger partial charge in [-0.15, -0.1) is 0 Å². The molecule has 2 heterocycles. The lowest BCUT2D eigenvalue weighted by atomic mass is 10.3. The third-order valence-corrected chi connectivity index (χ3v) is 2.50. The number of hydrogen-bond donors (Lipinski definition) is 1. The number of aromatic nitrogens is 1. The third kappa shape index (κ3) is 2.51. The summed E-state index contributed by atoms with van der Waals surface area (Å²) in [6, 6.07) is 7.65. The van der Waals surface area contributed by atoms with Gasteiger partial charge in [-0.2, -0.15) is 9.78 Å². The monoisotopic (exact) mass is 244 g/mol. The molecule has 1 N–H and O–H groups in total. The molecule has 0 saturated carbocycles. The van der Waals surface area contributed by atoms with E-state index in [4.69, 9.17) is 4.42 Å². The van der Waals surface area contributed by atoms with E-state index in [1.807, 2.05) is 38.2 Å². The van der Waals surface area contributed by atoms with Gasteiger partial charge in [-0.05, 0) is 36.8 Å². The Balaban J connectivity index is 2.49. The van der Waals surface area contributed by atoms with E-state index in [1.54, 1.807) is 24.2 Å². The van der Waals surface area contributed by atoms with Gasteiger partial charge in [-0.25, -0.2) is 0 Å². The maximum absolute atomic E-state index is 5.21. The van der Waals surface area contributed by atoms with Crippen LogP contribution in [0.5, 0.6) is 0 Å². The molecule has 0 aliphatic rings. The molecule has 0 fully saturated rings. The van der Waals surface area contributed by atoms with Crippen molar-refractivity contribution in [1.29, 1.82) is 0 Å². The van der Waals surface area contributed by atoms with Gasteiger partial charge < -0.3 is 9.73 Å². The second-order valence-electron chi connectivity index (χ2n) is 3.82. The number of hydrogen-bond acceptors (Lipinski definition) is 4. The first-order valence-electron chi connectivity index (χ1n) is 5.66. The van der Waals surface area contributed by atoms with Gasteiger partial charge >= 0.3 is 0 Å². The van der Waals surface area contributed by atoms with Crippen molar-refractivity contribution in [2.24, 2.45) is 10.1 Å². The molecule has 5 nitrogen and oxygen atoms in total. The molecule has 0 amide bonds. The summed E-state index contributed by atoms with van der Waals surface area (Å²) in [5.74, 6) is 1.57. The van der Waals surface area contributed by atoms with Crippen LogP contribution in [-0.2, 0) is 0 Å². The van der Waals surface area contributed by atoms with Crippen molar-refractivity contribution in [2.45, 2.75) is 6.92 Å². The molecular weight excluding hydrogens is 228 g/mol. The number of anilines is 1. The van der Waals surface area contributed by atoms with Gasteiger partial charge in [-0.1, -0.05) is 0 Å². The fourth-order valence-corrected chi connectivity index (χ4v) is 1.64. The van der Waals surface area contributed by atoms with Crippen LogP contribution in [-0.4, -0.2) is 25.0 Å². The van der Waals surface area contributed by atoms with Crippen LogP contribution in [0.2, 0.25) is 0 Å². The molecule has 0 bridgehead atoms. The average molecular weight is 244 g/mol. The van der Waals surface area contributed by atoms with Crippen LogP contribution in [0.25, 0.3) is 0 Å². The fourth-order valence-electron chi connectivity index (χ4n) is 1.64. The highest BCUT2D eigenvalue weighted by Crippen LogP contribution is 2.06. The zero-order valence-electron chi connectivity index (χ0n) is 10.7. The lowest BCUT2D eigenvalue weighted by Gasteiger charge is -2.09. The van der Waals surface area contributed by atoms with E-state index in [9.17, 15) is 0 Å². The number of rotatable bonds is 3. The SMILES string of the molecule is CN=c1cc(C)cc(NC)n1/N=C/c1ccco1. The molecular formula is C13H16N4O. The molecule has 5 heteroatoms. The molecule has 0 aromatic carbocycles. The number of nitrogens with one attached hydrogen (secondary N) is 1. The summed E-state index contributed by atoms with van der Waals surface area (Å²) < 4.78 is 6.94. The van der Waals surface area contributed by atoms with Gasteiger partial charge in [-0.3, -0.25) is 4.99 Å². The van der Waals surface area contributed by atoms with Crippen molar-refractivity contribution in [3.63, 3.8) is 0 Å². The smallest absolute Gasteiger partial charge is 0.151 e. The second-order valence-corrected chi connectivity index (χ2v) is 3.82. The number of pyridine rings is 1. The Morgan fingerprint density at radius 1 is 1.39 bits per heavy atom. The summed E-state index contributed by atoms with van der Waals surface area (Å²) in [5.41, 5.74) is 1.91. The Hall–Kier alpha value is -2.30. The second kappa shape index (κ2) is 5.35. The van der Waals surface area contributed by atoms with Crippen molar-refractivity contribution < 1.29 is 4.42 Å². The lowest BCUT2D eigenvalue weighted by molar-refractivity contribution is 0.559. The summed E-state index contributed by atoms with van der Waals surface area (Å²) in [6.45, 7) is 2.02. The van der Waals surface area contributed by atoms with Crippen molar-refractivity contribution in [1.82, 2.24) is 4.68 Å². The molecule has 0 atom stereocenters. The van der Waals surface area contributed by atoms with Gasteiger partial charge in [0.1, 0.15) is 11.6 Å². The van der Waals surface area contributed by atoms with Crippen molar-refractivity contribution in [3.05, 3.63) is 47.3 Å². The average Bonchev–Trinajstić information content (AvgIpc) is 2.89. The summed E-state index contributed by atoms with van der Waals surface area (Å²) in [7, 11) is 3.60. The molecule has 0 radical (unpaired) electrons. The standard InChI is InChI=1S/C13H16N4O/c1-10-7-12(14-2)17(13(8-10)15-3)16-9-11-5-4-6-18-11/h4-9,14H,1-3H3/b15-13?,16-9+. The van der Waals surface area contributed by atoms with E-state index < -0.39 is 0 Å². The predicted molar refractivity (Wildman–Crippen MR) is 71.9 cm³/mol. The third-order valence-electron chi connectivity index (χ3n) is 2.50. The molecule has 18 heavy (non-hydrogen) atoms. The maximum Gasteiger partial charge on any atom is 0.151 e. The minimum absolute atomic E-state index is 0.701. The minimum atomic E-state index is 0.701. The first kappa shape index (κ1) is 12.2. The van der Waals surface area contributed by atoms with Crippen molar-refractivity contribution in [3.8, 4) is 0 Å². The van der Waals surface area contributed by atoms with E-state index in [1.165, 1.54) is 0 Å². The molecule has 2 rings (SSSR count). The Kier molecular flexibility index (Phi) is 3.62. The maximum atomic E-state index is 5.21. The Bertz CT molecular complexity index is 608. The predicted octanol–water partition coefficient (Wildman–Crippen LogP) is 1.84. The normalized spacial score (nSPS) is 12.3. The van der Waals surface area contributed by atoms with Crippen LogP contribution in [0.4, 0.5) is 5.82 Å². The Morgan fingerprint density at radius 3 is 2.83 bits per heavy atom. The topological polar surface area (TPSA) is 54.8 Å². The zero-order valence-corrected chi connectivity index (χ0v) is 10.7. The first-order chi connectivity index (χ1) is 8.74. The summed E-state index contributed by atoms with van der Waals surface area (Å²) in [5, 5.41) is 7.47. The zero-order chi connectivity index (χ0) is 13.0. The van der Waals surface area contributed by atoms with E-state index in [0.717, 1.165) is 16.9 Å². The molecule has 0 unspecified atom stereocenters. The number of nitrogens with zero attached hydrogens (tertiary/aromatic N) is 3. The highest BCUT2D eigenvalue weighted by Gasteiger charge is 2.00. The molecule has 94 valence electrons. The molecule has 2 aromatic heterocycles. The fraction of sp³-hybridized carbons (Fsp3) is 0.231. The van der Waals surface area contributed by atoms with E-state index >= 15 is 0 Å². The Morgan fingerprint density at radius 2 is 2.22 bits per heavy atom. The largest absolute Gasteiger partial charge is 0.463 e. The van der Waals surface area contributed by atoms with E-state index in [-0.39, 0.29) is 0 Å². The molecule has 0 spiro atoms. The van der Waals surface area contributed by atoms with Crippen LogP contribution in [0.3, 0.4) is 0 Å². The molecule has 2 aromatic rings. The van der Waals surface area contributed by atoms with Crippen molar-refractivity contribution in [2.75, 3.05) is 19.4 Å². The summed E-state index contributed by atoms with van der Waals surface area (Å²) >= 11 is 0. The molecule has 0 saturated heterocycles. The lowest BCUT2D eigenvalue weighted by Crippen LogP contribution is -2.20. The van der Waals surface area contributed by atoms with Crippen molar-refractivity contribution >= 4 is 12.0 Å². The van der Waals surface area contributed by atoms with Crippen LogP contribution in [0, 0.1) is 6.92 Å². The highest BCUT2D eigenvalue weighted by molar-refractivity contribution is 5.75. The molecule has 0 aliphatic carbocycles. The van der Waals surface area contributed by atoms with Crippen LogP contribution < -0.4 is 10.8 Å². The highest BCUT2D eigenvalue weighted by atomic mass is 16.3. The number of aryl methyl sites for hydroxylation is 1. The van der Waals surface area contributed by atoms with E-state index in [0.29, 0.717) is 5.76 Å². The van der Waals surface area contributed by atoms with Gasteiger partial charge in [0, 0.05) is 14.1 Å². The van der Waals surface area contributed by atoms with Gasteiger partial charge in [0.2, 0.25) is 0 Å². The molecule has 0 aliphatic heterocycles. The van der Waals surface area contributed by atoms with Crippen LogP contribution >= 0.6 is 0 Å². The van der Waals surface area contributed by atoms with Gasteiger partial charge in [0.25, 0.3) is 0 Å². The number of furan rings is 1. The summed E-state index contributed by atoms with van der Waals surface area (Å²) in [4.78, 5) is 4.22. The van der Waals surface area contributed by atoms with Gasteiger partial charge in [0.15, 0.2) is 5.49 Å². The van der Waals surface area contributed by atoms with Gasteiger partial charge in [0.05, 0.1) is 12.5 Å². The first-order valence-corrected chi connectivity index (χ1v) is 5.66. The minimum Gasteiger partial charge on any atom is -0.463 e. The van der Waals surface area contributed by atoms with Crippen LogP contribution in [0.15, 0.2) is 45.0 Å². The quantitative estimate of drug-likeness (QED) is 0.838. The van der Waals surface area contributed by atoms with Crippen LogP contribution in [0.1, 0.15) is 11.3 Å². The summed E-state index contributed by atoms with van der Waals surface area (Å²) in [6.07, 6.45) is 3.27. The Labute approximate surface area is 105 Å². The van der Waals surface area contributed by atoms with E-state index in [2.05, 4.69) is 15.4 Å².